The largest absolute Gasteiger partial charge is 0.399 e. The molecule has 1 aliphatic heterocycles. The van der Waals surface area contributed by atoms with Gasteiger partial charge in [0.2, 0.25) is 0 Å². The average molecular weight is 264 g/mol. The second kappa shape index (κ2) is 7.05. The molecule has 0 radical (unpaired) electrons. The van der Waals surface area contributed by atoms with Crippen molar-refractivity contribution in [3.63, 3.8) is 0 Å². The van der Waals surface area contributed by atoms with Crippen LogP contribution < -0.4 is 5.73 Å². The number of hydrogen-bond acceptors (Lipinski definition) is 3. The first kappa shape index (κ1) is 13.8. The Kier molecular flexibility index (Phi) is 5.39. The fourth-order valence-corrected chi connectivity index (χ4v) is 3.17. The van der Waals surface area contributed by atoms with Crippen molar-refractivity contribution >= 4 is 17.4 Å². The summed E-state index contributed by atoms with van der Waals surface area (Å²) < 4.78 is 0. The zero-order valence-electron chi connectivity index (χ0n) is 11.3. The number of benzene rings is 1. The van der Waals surface area contributed by atoms with E-state index in [9.17, 15) is 0 Å². The predicted molar refractivity (Wildman–Crippen MR) is 81.0 cm³/mol. The number of piperidine rings is 1. The third kappa shape index (κ3) is 4.54. The Morgan fingerprint density at radius 3 is 2.56 bits per heavy atom. The number of nitrogen functional groups attached to an aromatic ring is 1. The van der Waals surface area contributed by atoms with Crippen molar-refractivity contribution in [3.8, 4) is 0 Å². The summed E-state index contributed by atoms with van der Waals surface area (Å²) in [5.74, 6) is 2.14. The highest BCUT2D eigenvalue weighted by molar-refractivity contribution is 7.99. The molecular weight excluding hydrogens is 240 g/mol. The molecule has 1 aromatic carbocycles. The van der Waals surface area contributed by atoms with E-state index in [0.717, 1.165) is 11.6 Å². The maximum atomic E-state index is 5.67. The molecule has 1 fully saturated rings. The smallest absolute Gasteiger partial charge is 0.0314 e. The van der Waals surface area contributed by atoms with Crippen molar-refractivity contribution in [1.29, 1.82) is 0 Å². The minimum Gasteiger partial charge on any atom is -0.399 e. The number of hydrogen-bond donors (Lipinski definition) is 1. The lowest BCUT2D eigenvalue weighted by Crippen LogP contribution is -2.33. The summed E-state index contributed by atoms with van der Waals surface area (Å²) in [5, 5.41) is 0. The van der Waals surface area contributed by atoms with E-state index in [0.29, 0.717) is 0 Å². The molecule has 0 aliphatic carbocycles. The molecule has 0 atom stereocenters. The van der Waals surface area contributed by atoms with Gasteiger partial charge in [-0.05, 0) is 74.8 Å². The Morgan fingerprint density at radius 1 is 1.22 bits per heavy atom. The topological polar surface area (TPSA) is 29.3 Å². The van der Waals surface area contributed by atoms with Crippen molar-refractivity contribution in [2.75, 3.05) is 31.1 Å². The van der Waals surface area contributed by atoms with Gasteiger partial charge in [-0.15, -0.1) is 11.8 Å². The average Bonchev–Trinajstić information content (AvgIpc) is 2.39. The van der Waals surface area contributed by atoms with E-state index in [1.165, 1.54) is 49.5 Å². The normalized spacial score (nSPS) is 18.1. The predicted octanol–water partition coefficient (Wildman–Crippen LogP) is 3.48. The van der Waals surface area contributed by atoms with E-state index < -0.39 is 0 Å². The Balaban J connectivity index is 1.60. The Bertz CT molecular complexity index is 342. The molecular formula is C15H24N2S. The zero-order valence-corrected chi connectivity index (χ0v) is 12.1. The molecule has 1 aliphatic rings. The van der Waals surface area contributed by atoms with Crippen molar-refractivity contribution in [2.24, 2.45) is 5.92 Å². The van der Waals surface area contributed by atoms with Gasteiger partial charge in [-0.2, -0.15) is 0 Å². The SMILES string of the molecule is CC1CCN(CCCSc2ccc(N)cc2)CC1. The molecule has 100 valence electrons. The fourth-order valence-electron chi connectivity index (χ4n) is 2.33. The number of thioether (sulfide) groups is 1. The molecule has 2 N–H and O–H groups in total. The van der Waals surface area contributed by atoms with E-state index >= 15 is 0 Å². The molecule has 0 spiro atoms. The first-order valence-corrected chi connectivity index (χ1v) is 7.93. The molecule has 0 bridgehead atoms. The van der Waals surface area contributed by atoms with Crippen LogP contribution in [0.15, 0.2) is 29.2 Å². The lowest BCUT2D eigenvalue weighted by molar-refractivity contribution is 0.193. The van der Waals surface area contributed by atoms with E-state index in [1.807, 2.05) is 23.9 Å². The van der Waals surface area contributed by atoms with Crippen LogP contribution in [0.2, 0.25) is 0 Å². The van der Waals surface area contributed by atoms with Gasteiger partial charge in [0.1, 0.15) is 0 Å². The molecule has 18 heavy (non-hydrogen) atoms. The number of nitrogens with two attached hydrogens (primary N) is 1. The summed E-state index contributed by atoms with van der Waals surface area (Å²) in [4.78, 5) is 3.94. The van der Waals surface area contributed by atoms with Crippen LogP contribution in [-0.2, 0) is 0 Å². The molecule has 0 aromatic heterocycles. The van der Waals surface area contributed by atoms with Gasteiger partial charge >= 0.3 is 0 Å². The lowest BCUT2D eigenvalue weighted by atomic mass is 9.99. The van der Waals surface area contributed by atoms with Gasteiger partial charge in [0.25, 0.3) is 0 Å². The van der Waals surface area contributed by atoms with Crippen LogP contribution in [0, 0.1) is 5.92 Å². The highest BCUT2D eigenvalue weighted by atomic mass is 32.2. The van der Waals surface area contributed by atoms with Crippen LogP contribution in [0.1, 0.15) is 26.2 Å². The van der Waals surface area contributed by atoms with Crippen molar-refractivity contribution in [1.82, 2.24) is 4.90 Å². The highest BCUT2D eigenvalue weighted by Crippen LogP contribution is 2.21. The van der Waals surface area contributed by atoms with Gasteiger partial charge in [-0.25, -0.2) is 0 Å². The van der Waals surface area contributed by atoms with Crippen LogP contribution in [-0.4, -0.2) is 30.3 Å². The summed E-state index contributed by atoms with van der Waals surface area (Å²) in [6, 6.07) is 8.19. The van der Waals surface area contributed by atoms with Crippen molar-refractivity contribution in [3.05, 3.63) is 24.3 Å². The molecule has 1 saturated heterocycles. The van der Waals surface area contributed by atoms with Gasteiger partial charge in [-0.1, -0.05) is 6.92 Å². The maximum absolute atomic E-state index is 5.67. The van der Waals surface area contributed by atoms with Crippen LogP contribution in [0.3, 0.4) is 0 Å². The Hall–Kier alpha value is -0.670. The number of nitrogens with zero attached hydrogens (tertiary/aromatic N) is 1. The molecule has 0 saturated carbocycles. The van der Waals surface area contributed by atoms with Gasteiger partial charge in [0, 0.05) is 10.6 Å². The number of anilines is 1. The van der Waals surface area contributed by atoms with Crippen LogP contribution in [0.5, 0.6) is 0 Å². The monoisotopic (exact) mass is 264 g/mol. The minimum absolute atomic E-state index is 0.849. The van der Waals surface area contributed by atoms with Gasteiger partial charge in [-0.3, -0.25) is 0 Å². The second-order valence-corrected chi connectivity index (χ2v) is 6.46. The van der Waals surface area contributed by atoms with Crippen LogP contribution >= 0.6 is 11.8 Å². The Morgan fingerprint density at radius 2 is 1.89 bits per heavy atom. The van der Waals surface area contributed by atoms with Crippen molar-refractivity contribution in [2.45, 2.75) is 31.1 Å². The van der Waals surface area contributed by atoms with Gasteiger partial charge in [0.15, 0.2) is 0 Å². The Labute approximate surface area is 115 Å². The van der Waals surface area contributed by atoms with Crippen LogP contribution in [0.4, 0.5) is 5.69 Å². The number of likely N-dealkylation sites (tertiary alicyclic amines) is 1. The zero-order chi connectivity index (χ0) is 12.8. The molecule has 3 heteroatoms. The maximum Gasteiger partial charge on any atom is 0.0314 e. The van der Waals surface area contributed by atoms with Gasteiger partial charge < -0.3 is 10.6 Å². The number of rotatable bonds is 5. The summed E-state index contributed by atoms with van der Waals surface area (Å²) in [6.07, 6.45) is 4.04. The van der Waals surface area contributed by atoms with E-state index in [4.69, 9.17) is 5.73 Å². The molecule has 0 amide bonds. The molecule has 1 heterocycles. The van der Waals surface area contributed by atoms with E-state index in [-0.39, 0.29) is 0 Å². The summed E-state index contributed by atoms with van der Waals surface area (Å²) >= 11 is 1.94. The first-order chi connectivity index (χ1) is 8.74. The third-order valence-corrected chi connectivity index (χ3v) is 4.74. The highest BCUT2D eigenvalue weighted by Gasteiger charge is 2.14. The minimum atomic E-state index is 0.849. The summed E-state index contributed by atoms with van der Waals surface area (Å²) in [7, 11) is 0. The summed E-state index contributed by atoms with van der Waals surface area (Å²) in [6.45, 7) is 6.23. The van der Waals surface area contributed by atoms with E-state index in [1.54, 1.807) is 0 Å². The molecule has 0 unspecified atom stereocenters. The molecule has 2 nitrogen and oxygen atoms in total. The first-order valence-electron chi connectivity index (χ1n) is 6.95. The summed E-state index contributed by atoms with van der Waals surface area (Å²) in [5.41, 5.74) is 6.52. The van der Waals surface area contributed by atoms with E-state index in [2.05, 4.69) is 24.0 Å². The standard InChI is InChI=1S/C15H24N2S/c1-13-7-10-17(11-8-13)9-2-12-18-15-5-3-14(16)4-6-15/h3-6,13H,2,7-12,16H2,1H3. The fraction of sp³-hybridized carbons (Fsp3) is 0.600. The van der Waals surface area contributed by atoms with Crippen molar-refractivity contribution < 1.29 is 0 Å². The lowest BCUT2D eigenvalue weighted by Gasteiger charge is -2.30. The van der Waals surface area contributed by atoms with Gasteiger partial charge in [0.05, 0.1) is 0 Å². The molecule has 2 rings (SSSR count). The van der Waals surface area contributed by atoms with Crippen LogP contribution in [0.25, 0.3) is 0 Å². The third-order valence-electron chi connectivity index (χ3n) is 3.64. The second-order valence-electron chi connectivity index (χ2n) is 5.30. The quantitative estimate of drug-likeness (QED) is 0.501. The molecule has 1 aromatic rings.